The van der Waals surface area contributed by atoms with Crippen molar-refractivity contribution in [2.45, 2.75) is 32.7 Å². The summed E-state index contributed by atoms with van der Waals surface area (Å²) in [5, 5.41) is 3.39. The lowest BCUT2D eigenvalue weighted by molar-refractivity contribution is 0.309. The fraction of sp³-hybridized carbons (Fsp3) is 0.368. The van der Waals surface area contributed by atoms with Gasteiger partial charge in [0.1, 0.15) is 5.75 Å². The molecule has 1 N–H and O–H groups in total. The van der Waals surface area contributed by atoms with Crippen molar-refractivity contribution >= 4 is 0 Å². The van der Waals surface area contributed by atoms with Crippen LogP contribution in [0.2, 0.25) is 0 Å². The highest BCUT2D eigenvalue weighted by molar-refractivity contribution is 5.36. The lowest BCUT2D eigenvalue weighted by atomic mass is 9.98. The fourth-order valence-electron chi connectivity index (χ4n) is 2.38. The van der Waals surface area contributed by atoms with Gasteiger partial charge in [-0.1, -0.05) is 55.3 Å². The van der Waals surface area contributed by atoms with Crippen molar-refractivity contribution < 1.29 is 4.74 Å². The largest absolute Gasteiger partial charge is 0.494 e. The summed E-state index contributed by atoms with van der Waals surface area (Å²) in [6.45, 7) is 5.08. The van der Waals surface area contributed by atoms with Crippen LogP contribution in [0.5, 0.6) is 5.75 Å². The molecule has 21 heavy (non-hydrogen) atoms. The zero-order chi connectivity index (χ0) is 15.1. The summed E-state index contributed by atoms with van der Waals surface area (Å²) < 4.78 is 5.72. The van der Waals surface area contributed by atoms with Gasteiger partial charge < -0.3 is 10.1 Å². The Bertz CT molecular complexity index is 530. The number of hydrogen-bond donors (Lipinski definition) is 1. The summed E-state index contributed by atoms with van der Waals surface area (Å²) >= 11 is 0. The average molecular weight is 283 g/mol. The number of ether oxygens (including phenoxy) is 1. The Morgan fingerprint density at radius 2 is 1.52 bits per heavy atom. The van der Waals surface area contributed by atoms with Gasteiger partial charge in [-0.25, -0.2) is 0 Å². The third-order valence-corrected chi connectivity index (χ3v) is 3.68. The molecule has 0 spiro atoms. The number of aryl methyl sites for hydroxylation is 1. The molecule has 0 aliphatic carbocycles. The second-order valence-electron chi connectivity index (χ2n) is 5.40. The van der Waals surface area contributed by atoms with Gasteiger partial charge in [-0.2, -0.15) is 0 Å². The van der Waals surface area contributed by atoms with E-state index in [-0.39, 0.29) is 6.04 Å². The van der Waals surface area contributed by atoms with Gasteiger partial charge in [-0.15, -0.1) is 0 Å². The van der Waals surface area contributed by atoms with Crippen LogP contribution in [0.25, 0.3) is 0 Å². The van der Waals surface area contributed by atoms with E-state index in [9.17, 15) is 0 Å². The molecule has 0 heterocycles. The molecule has 1 atom stereocenters. The predicted molar refractivity (Wildman–Crippen MR) is 88.9 cm³/mol. The number of unbranched alkanes of at least 4 members (excludes halogenated alkanes) is 1. The van der Waals surface area contributed by atoms with E-state index in [2.05, 4.69) is 67.7 Å². The van der Waals surface area contributed by atoms with E-state index in [4.69, 9.17) is 4.74 Å². The molecule has 2 rings (SSSR count). The number of benzene rings is 2. The van der Waals surface area contributed by atoms with Crippen molar-refractivity contribution in [3.05, 3.63) is 65.2 Å². The maximum absolute atomic E-state index is 5.72. The molecule has 0 aliphatic rings. The maximum Gasteiger partial charge on any atom is 0.119 e. The summed E-state index contributed by atoms with van der Waals surface area (Å²) in [7, 11) is 2.00. The topological polar surface area (TPSA) is 21.3 Å². The summed E-state index contributed by atoms with van der Waals surface area (Å²) in [5.41, 5.74) is 3.82. The molecule has 2 heteroatoms. The Morgan fingerprint density at radius 3 is 2.05 bits per heavy atom. The first-order valence-corrected chi connectivity index (χ1v) is 7.71. The van der Waals surface area contributed by atoms with Crippen LogP contribution in [0.3, 0.4) is 0 Å². The van der Waals surface area contributed by atoms with Crippen molar-refractivity contribution in [1.82, 2.24) is 5.32 Å². The first-order valence-electron chi connectivity index (χ1n) is 7.71. The molecule has 2 aromatic carbocycles. The molecule has 2 nitrogen and oxygen atoms in total. The van der Waals surface area contributed by atoms with Gasteiger partial charge in [0.05, 0.1) is 12.6 Å². The molecule has 0 saturated carbocycles. The molecule has 0 aromatic heterocycles. The van der Waals surface area contributed by atoms with Crippen LogP contribution < -0.4 is 10.1 Å². The van der Waals surface area contributed by atoms with Crippen LogP contribution in [-0.2, 0) is 0 Å². The summed E-state index contributed by atoms with van der Waals surface area (Å²) in [5.74, 6) is 0.950. The number of rotatable bonds is 7. The number of nitrogens with one attached hydrogen (secondary N) is 1. The van der Waals surface area contributed by atoms with Crippen molar-refractivity contribution in [3.8, 4) is 5.75 Å². The second-order valence-corrected chi connectivity index (χ2v) is 5.40. The Morgan fingerprint density at radius 1 is 0.952 bits per heavy atom. The van der Waals surface area contributed by atoms with Gasteiger partial charge >= 0.3 is 0 Å². The lowest BCUT2D eigenvalue weighted by Gasteiger charge is -2.18. The molecule has 0 bridgehead atoms. The van der Waals surface area contributed by atoms with Gasteiger partial charge in [0.15, 0.2) is 0 Å². The smallest absolute Gasteiger partial charge is 0.119 e. The highest BCUT2D eigenvalue weighted by atomic mass is 16.5. The molecule has 112 valence electrons. The van der Waals surface area contributed by atoms with Crippen LogP contribution >= 0.6 is 0 Å². The molecule has 0 amide bonds. The first kappa shape index (κ1) is 15.6. The minimum atomic E-state index is 0.218. The minimum Gasteiger partial charge on any atom is -0.494 e. The van der Waals surface area contributed by atoms with Crippen molar-refractivity contribution in [2.24, 2.45) is 0 Å². The van der Waals surface area contributed by atoms with E-state index in [1.165, 1.54) is 16.7 Å². The highest BCUT2D eigenvalue weighted by Crippen LogP contribution is 2.24. The quantitative estimate of drug-likeness (QED) is 0.756. The highest BCUT2D eigenvalue weighted by Gasteiger charge is 2.11. The lowest BCUT2D eigenvalue weighted by Crippen LogP contribution is -2.17. The zero-order valence-corrected chi connectivity index (χ0v) is 13.2. The first-order chi connectivity index (χ1) is 10.2. The van der Waals surface area contributed by atoms with E-state index in [1.807, 2.05) is 7.05 Å². The Labute approximate surface area is 128 Å². The standard InChI is InChI=1S/C19H25NO/c1-4-5-14-21-18-12-10-17(11-13-18)19(20-3)16-8-6-15(2)7-9-16/h6-13,19-20H,4-5,14H2,1-3H3. The summed E-state index contributed by atoms with van der Waals surface area (Å²) in [6.07, 6.45) is 2.26. The van der Waals surface area contributed by atoms with Gasteiger partial charge in [-0.05, 0) is 43.7 Å². The van der Waals surface area contributed by atoms with Crippen molar-refractivity contribution in [1.29, 1.82) is 0 Å². The van der Waals surface area contributed by atoms with Crippen LogP contribution in [-0.4, -0.2) is 13.7 Å². The van der Waals surface area contributed by atoms with E-state index in [0.29, 0.717) is 0 Å². The van der Waals surface area contributed by atoms with Gasteiger partial charge in [0, 0.05) is 0 Å². The monoisotopic (exact) mass is 283 g/mol. The van der Waals surface area contributed by atoms with E-state index in [1.54, 1.807) is 0 Å². The van der Waals surface area contributed by atoms with Gasteiger partial charge in [0.2, 0.25) is 0 Å². The van der Waals surface area contributed by atoms with E-state index in [0.717, 1.165) is 25.2 Å². The molecular weight excluding hydrogens is 258 g/mol. The fourth-order valence-corrected chi connectivity index (χ4v) is 2.38. The SMILES string of the molecule is CCCCOc1ccc(C(NC)c2ccc(C)cc2)cc1. The van der Waals surface area contributed by atoms with Crippen molar-refractivity contribution in [2.75, 3.05) is 13.7 Å². The molecular formula is C19H25NO. The Balaban J connectivity index is 2.09. The molecule has 0 radical (unpaired) electrons. The normalized spacial score (nSPS) is 12.1. The van der Waals surface area contributed by atoms with Crippen LogP contribution in [0.1, 0.15) is 42.5 Å². The van der Waals surface area contributed by atoms with Crippen molar-refractivity contribution in [3.63, 3.8) is 0 Å². The zero-order valence-electron chi connectivity index (χ0n) is 13.2. The Kier molecular flexibility index (Phi) is 5.82. The Hall–Kier alpha value is -1.80. The van der Waals surface area contributed by atoms with Gasteiger partial charge in [0.25, 0.3) is 0 Å². The maximum atomic E-state index is 5.72. The third-order valence-electron chi connectivity index (χ3n) is 3.68. The molecule has 2 aromatic rings. The average Bonchev–Trinajstić information content (AvgIpc) is 2.52. The third kappa shape index (κ3) is 4.33. The molecule has 1 unspecified atom stereocenters. The number of hydrogen-bond acceptors (Lipinski definition) is 2. The van der Waals surface area contributed by atoms with E-state index >= 15 is 0 Å². The molecule has 0 fully saturated rings. The summed E-state index contributed by atoms with van der Waals surface area (Å²) in [4.78, 5) is 0. The van der Waals surface area contributed by atoms with Crippen LogP contribution in [0.4, 0.5) is 0 Å². The molecule has 0 aliphatic heterocycles. The van der Waals surface area contributed by atoms with Crippen LogP contribution in [0, 0.1) is 6.92 Å². The molecule has 0 saturated heterocycles. The van der Waals surface area contributed by atoms with Crippen LogP contribution in [0.15, 0.2) is 48.5 Å². The summed E-state index contributed by atoms with van der Waals surface area (Å²) in [6, 6.07) is 17.3. The predicted octanol–water partition coefficient (Wildman–Crippen LogP) is 4.48. The van der Waals surface area contributed by atoms with E-state index < -0.39 is 0 Å². The van der Waals surface area contributed by atoms with Gasteiger partial charge in [-0.3, -0.25) is 0 Å². The second kappa shape index (κ2) is 7.84. The minimum absolute atomic E-state index is 0.218.